The Morgan fingerprint density at radius 1 is 1.38 bits per heavy atom. The number of nitrogens with one attached hydrogen (secondary N) is 1. The molecule has 0 heterocycles. The Morgan fingerprint density at radius 3 is 2.52 bits per heavy atom. The van der Waals surface area contributed by atoms with Gasteiger partial charge in [0.25, 0.3) is 5.91 Å². The van der Waals surface area contributed by atoms with Crippen LogP contribution in [0.25, 0.3) is 0 Å². The SMILES string of the molecule is CS(=O)(=O)c1ccc(Cl)c(C(=O)NC2(C#N)CCCC2)c1. The van der Waals surface area contributed by atoms with Crippen molar-refractivity contribution in [2.75, 3.05) is 6.26 Å². The molecule has 1 saturated carbocycles. The summed E-state index contributed by atoms with van der Waals surface area (Å²) in [6.45, 7) is 0. The molecule has 0 saturated heterocycles. The van der Waals surface area contributed by atoms with E-state index in [-0.39, 0.29) is 15.5 Å². The molecule has 0 spiro atoms. The number of nitrogens with zero attached hydrogens (tertiary/aromatic N) is 1. The standard InChI is InChI=1S/C14H15ClN2O3S/c1-21(19,20)10-4-5-12(15)11(8-10)13(18)17-14(9-16)6-2-3-7-14/h4-5,8H,2-3,6-7H2,1H3,(H,17,18). The number of amides is 1. The highest BCUT2D eigenvalue weighted by atomic mass is 35.5. The lowest BCUT2D eigenvalue weighted by Gasteiger charge is -2.22. The second-order valence-corrected chi connectivity index (χ2v) is 7.69. The van der Waals surface area contributed by atoms with Gasteiger partial charge < -0.3 is 5.32 Å². The van der Waals surface area contributed by atoms with Crippen LogP contribution in [0.5, 0.6) is 0 Å². The number of halogens is 1. The van der Waals surface area contributed by atoms with Crippen LogP contribution >= 0.6 is 11.6 Å². The summed E-state index contributed by atoms with van der Waals surface area (Å²) >= 11 is 5.98. The normalized spacial score (nSPS) is 17.2. The van der Waals surface area contributed by atoms with E-state index in [1.165, 1.54) is 18.2 Å². The minimum absolute atomic E-state index is 0.0227. The molecule has 1 amide bonds. The van der Waals surface area contributed by atoms with Crippen LogP contribution in [0, 0.1) is 11.3 Å². The van der Waals surface area contributed by atoms with Crippen molar-refractivity contribution < 1.29 is 13.2 Å². The number of carbonyl (C=O) groups is 1. The van der Waals surface area contributed by atoms with Crippen molar-refractivity contribution in [3.05, 3.63) is 28.8 Å². The van der Waals surface area contributed by atoms with Crippen LogP contribution < -0.4 is 5.32 Å². The maximum absolute atomic E-state index is 12.3. The van der Waals surface area contributed by atoms with Gasteiger partial charge in [0, 0.05) is 6.26 Å². The topological polar surface area (TPSA) is 87.0 Å². The Morgan fingerprint density at radius 2 is 2.00 bits per heavy atom. The van der Waals surface area contributed by atoms with Gasteiger partial charge >= 0.3 is 0 Å². The molecule has 1 N–H and O–H groups in total. The molecule has 0 atom stereocenters. The largest absolute Gasteiger partial charge is 0.334 e. The van der Waals surface area contributed by atoms with Crippen LogP contribution in [0.2, 0.25) is 5.02 Å². The molecule has 0 bridgehead atoms. The van der Waals surface area contributed by atoms with E-state index in [2.05, 4.69) is 11.4 Å². The first kappa shape index (κ1) is 15.8. The highest BCUT2D eigenvalue weighted by Gasteiger charge is 2.36. The lowest BCUT2D eigenvalue weighted by molar-refractivity contribution is 0.0920. The van der Waals surface area contributed by atoms with E-state index in [4.69, 9.17) is 11.6 Å². The molecule has 1 aromatic rings. The predicted octanol–water partition coefficient (Wildman–Crippen LogP) is 2.31. The lowest BCUT2D eigenvalue weighted by atomic mass is 9.99. The van der Waals surface area contributed by atoms with Gasteiger partial charge in [-0.3, -0.25) is 4.79 Å². The number of hydrogen-bond donors (Lipinski definition) is 1. The average molecular weight is 327 g/mol. The van der Waals surface area contributed by atoms with Crippen LogP contribution in [-0.4, -0.2) is 26.1 Å². The third kappa shape index (κ3) is 3.36. The smallest absolute Gasteiger partial charge is 0.254 e. The highest BCUT2D eigenvalue weighted by Crippen LogP contribution is 2.30. The Kier molecular flexibility index (Phi) is 4.26. The fraction of sp³-hybridized carbons (Fsp3) is 0.429. The van der Waals surface area contributed by atoms with Gasteiger partial charge in [0.2, 0.25) is 0 Å². The van der Waals surface area contributed by atoms with Crippen LogP contribution in [0.15, 0.2) is 23.1 Å². The van der Waals surface area contributed by atoms with Crippen molar-refractivity contribution in [3.63, 3.8) is 0 Å². The summed E-state index contributed by atoms with van der Waals surface area (Å²) in [7, 11) is -3.43. The number of benzene rings is 1. The van der Waals surface area contributed by atoms with Crippen molar-refractivity contribution in [2.24, 2.45) is 0 Å². The van der Waals surface area contributed by atoms with Crippen LogP contribution in [0.4, 0.5) is 0 Å². The molecule has 5 nitrogen and oxygen atoms in total. The van der Waals surface area contributed by atoms with Gasteiger partial charge in [-0.15, -0.1) is 0 Å². The maximum Gasteiger partial charge on any atom is 0.254 e. The zero-order valence-corrected chi connectivity index (χ0v) is 13.1. The highest BCUT2D eigenvalue weighted by molar-refractivity contribution is 7.90. The summed E-state index contributed by atoms with van der Waals surface area (Å²) in [5, 5.41) is 12.1. The van der Waals surface area contributed by atoms with Gasteiger partial charge in [0.1, 0.15) is 5.54 Å². The van der Waals surface area contributed by atoms with E-state index in [9.17, 15) is 18.5 Å². The fourth-order valence-corrected chi connectivity index (χ4v) is 3.29. The number of rotatable bonds is 3. The summed E-state index contributed by atoms with van der Waals surface area (Å²) in [4.78, 5) is 12.3. The lowest BCUT2D eigenvalue weighted by Crippen LogP contribution is -2.45. The van der Waals surface area contributed by atoms with E-state index in [0.717, 1.165) is 19.1 Å². The number of hydrogen-bond acceptors (Lipinski definition) is 4. The van der Waals surface area contributed by atoms with Gasteiger partial charge in [-0.25, -0.2) is 8.42 Å². The average Bonchev–Trinajstić information content (AvgIpc) is 2.87. The third-order valence-corrected chi connectivity index (χ3v) is 5.07. The van der Waals surface area contributed by atoms with E-state index < -0.39 is 21.3 Å². The molecule has 0 unspecified atom stereocenters. The minimum Gasteiger partial charge on any atom is -0.334 e. The number of nitriles is 1. The summed E-state index contributed by atoms with van der Waals surface area (Å²) < 4.78 is 23.1. The number of sulfone groups is 1. The van der Waals surface area contributed by atoms with Gasteiger partial charge in [-0.2, -0.15) is 5.26 Å². The van der Waals surface area contributed by atoms with Gasteiger partial charge in [0.15, 0.2) is 9.84 Å². The summed E-state index contributed by atoms with van der Waals surface area (Å²) in [5.41, 5.74) is -0.803. The van der Waals surface area contributed by atoms with Crippen LogP contribution in [0.3, 0.4) is 0 Å². The van der Waals surface area contributed by atoms with Gasteiger partial charge in [-0.05, 0) is 43.9 Å². The van der Waals surface area contributed by atoms with E-state index in [1.807, 2.05) is 0 Å². The Balaban J connectivity index is 2.33. The first-order valence-electron chi connectivity index (χ1n) is 6.51. The summed E-state index contributed by atoms with van der Waals surface area (Å²) in [5.74, 6) is -0.519. The van der Waals surface area contributed by atoms with Crippen molar-refractivity contribution >= 4 is 27.3 Å². The molecule has 1 aliphatic carbocycles. The van der Waals surface area contributed by atoms with E-state index in [1.54, 1.807) is 0 Å². The molecule has 1 aliphatic rings. The Hall–Kier alpha value is -1.58. The molecule has 2 rings (SSSR count). The number of carbonyl (C=O) groups excluding carboxylic acids is 1. The molecule has 0 radical (unpaired) electrons. The fourth-order valence-electron chi connectivity index (χ4n) is 2.44. The van der Waals surface area contributed by atoms with Crippen molar-refractivity contribution in [1.82, 2.24) is 5.32 Å². The predicted molar refractivity (Wildman–Crippen MR) is 78.8 cm³/mol. The van der Waals surface area contributed by atoms with Crippen LogP contribution in [-0.2, 0) is 9.84 Å². The molecule has 1 aromatic carbocycles. The van der Waals surface area contributed by atoms with E-state index in [0.29, 0.717) is 12.8 Å². The first-order valence-corrected chi connectivity index (χ1v) is 8.78. The summed E-state index contributed by atoms with van der Waals surface area (Å²) in [6, 6.07) is 6.12. The zero-order valence-electron chi connectivity index (χ0n) is 11.5. The van der Waals surface area contributed by atoms with Gasteiger partial charge in [-0.1, -0.05) is 11.6 Å². The maximum atomic E-state index is 12.3. The second-order valence-electron chi connectivity index (χ2n) is 5.27. The molecule has 7 heteroatoms. The van der Waals surface area contributed by atoms with Crippen molar-refractivity contribution in [2.45, 2.75) is 36.1 Å². The zero-order chi connectivity index (χ0) is 15.7. The van der Waals surface area contributed by atoms with Crippen molar-refractivity contribution in [3.8, 4) is 6.07 Å². The molecule has 21 heavy (non-hydrogen) atoms. The van der Waals surface area contributed by atoms with Crippen molar-refractivity contribution in [1.29, 1.82) is 5.26 Å². The second kappa shape index (κ2) is 5.66. The van der Waals surface area contributed by atoms with E-state index >= 15 is 0 Å². The molecule has 1 fully saturated rings. The molecular formula is C14H15ClN2O3S. The minimum atomic E-state index is -3.43. The molecule has 0 aliphatic heterocycles. The molecule has 112 valence electrons. The monoisotopic (exact) mass is 326 g/mol. The Labute approximate surface area is 128 Å². The molecule has 0 aromatic heterocycles. The Bertz CT molecular complexity index is 716. The van der Waals surface area contributed by atoms with Gasteiger partial charge in [0.05, 0.1) is 21.6 Å². The quantitative estimate of drug-likeness (QED) is 0.923. The van der Waals surface area contributed by atoms with Crippen LogP contribution in [0.1, 0.15) is 36.0 Å². The third-order valence-electron chi connectivity index (χ3n) is 3.63. The molecular weight excluding hydrogens is 312 g/mol. The summed E-state index contributed by atoms with van der Waals surface area (Å²) in [6.07, 6.45) is 4.01. The first-order chi connectivity index (χ1) is 9.77.